The maximum atomic E-state index is 12.8. The molecule has 1 aromatic rings. The fourth-order valence-corrected chi connectivity index (χ4v) is 4.83. The maximum Gasteiger partial charge on any atom is 0.344 e. The average Bonchev–Trinajstić information content (AvgIpc) is 2.94. The number of amides is 4. The minimum Gasteiger partial charge on any atom is -0.497 e. The van der Waals surface area contributed by atoms with E-state index < -0.39 is 39.4 Å². The highest BCUT2D eigenvalue weighted by atomic mass is 32.2. The van der Waals surface area contributed by atoms with E-state index in [0.29, 0.717) is 29.5 Å². The normalized spacial score (nSPS) is 25.2. The number of imide groups is 1. The molecule has 1 spiro atoms. The zero-order valence-corrected chi connectivity index (χ0v) is 17.9. The van der Waals surface area contributed by atoms with Gasteiger partial charge in [0.25, 0.3) is 11.8 Å². The van der Waals surface area contributed by atoms with Crippen LogP contribution < -0.4 is 20.2 Å². The average molecular weight is 439 g/mol. The number of hydrogen-bond donors (Lipinski definition) is 3. The first kappa shape index (κ1) is 22.0. The first-order valence-corrected chi connectivity index (χ1v) is 11.2. The van der Waals surface area contributed by atoms with Crippen molar-refractivity contribution in [3.63, 3.8) is 0 Å². The van der Waals surface area contributed by atoms with Gasteiger partial charge >= 0.3 is 6.03 Å². The molecular formula is C19H26N4O6S. The molecule has 1 aliphatic carbocycles. The molecule has 0 aromatic heterocycles. The van der Waals surface area contributed by atoms with Gasteiger partial charge in [0, 0.05) is 0 Å². The lowest BCUT2D eigenvalue weighted by Gasteiger charge is -2.33. The Labute approximate surface area is 175 Å². The number of hydrazine groups is 1. The van der Waals surface area contributed by atoms with Crippen LogP contribution in [0.4, 0.5) is 4.79 Å². The summed E-state index contributed by atoms with van der Waals surface area (Å²) in [7, 11) is -2.53. The van der Waals surface area contributed by atoms with Gasteiger partial charge in [0.15, 0.2) is 0 Å². The third-order valence-corrected chi connectivity index (χ3v) is 7.16. The Balaban J connectivity index is 1.65. The number of methoxy groups -OCH3 is 1. The number of nitrogens with one attached hydrogen (secondary N) is 3. The summed E-state index contributed by atoms with van der Waals surface area (Å²) < 4.78 is 32.2. The molecule has 4 amide bonds. The van der Waals surface area contributed by atoms with Crippen LogP contribution in [0.2, 0.25) is 0 Å². The molecule has 10 nitrogen and oxygen atoms in total. The smallest absolute Gasteiger partial charge is 0.344 e. The second-order valence-electron chi connectivity index (χ2n) is 7.83. The lowest BCUT2D eigenvalue weighted by Crippen LogP contribution is -2.55. The van der Waals surface area contributed by atoms with Gasteiger partial charge in [0.1, 0.15) is 11.3 Å². The molecule has 2 fully saturated rings. The highest BCUT2D eigenvalue weighted by Gasteiger charge is 2.53. The Hall–Kier alpha value is -2.66. The topological polar surface area (TPSA) is 134 Å². The van der Waals surface area contributed by atoms with E-state index in [1.807, 2.05) is 0 Å². The van der Waals surface area contributed by atoms with Crippen molar-refractivity contribution < 1.29 is 27.5 Å². The van der Waals surface area contributed by atoms with Crippen molar-refractivity contribution >= 4 is 27.9 Å². The molecule has 1 atom stereocenters. The fraction of sp³-hybridized carbons (Fsp3) is 0.526. The van der Waals surface area contributed by atoms with Gasteiger partial charge in [-0.05, 0) is 62.8 Å². The lowest BCUT2D eigenvalue weighted by atomic mass is 9.77. The number of carbonyl (C=O) groups is 3. The Bertz CT molecular complexity index is 938. The standard InChI is InChI=1S/C19H26N4O6S/c1-12-8-10-19(11-9-12)17(25)23(18(26)20-19)21-16(24)13(2)22-30(27,28)15-6-4-14(29-3)5-7-15/h4-7,12-13,22H,8-11H2,1-3H3,(H,20,26)(H,21,24)/t12?,13-,19?/m0/s1. The molecule has 0 radical (unpaired) electrons. The van der Waals surface area contributed by atoms with Crippen molar-refractivity contribution in [2.75, 3.05) is 7.11 Å². The number of benzene rings is 1. The number of carbonyl (C=O) groups excluding carboxylic acids is 3. The van der Waals surface area contributed by atoms with Gasteiger partial charge in [-0.2, -0.15) is 9.73 Å². The predicted octanol–water partition coefficient (Wildman–Crippen LogP) is 0.894. The Morgan fingerprint density at radius 2 is 1.83 bits per heavy atom. The van der Waals surface area contributed by atoms with E-state index in [1.54, 1.807) is 0 Å². The molecule has 1 heterocycles. The van der Waals surface area contributed by atoms with Crippen molar-refractivity contribution in [2.45, 2.75) is 56.0 Å². The van der Waals surface area contributed by atoms with Crippen LogP contribution >= 0.6 is 0 Å². The summed E-state index contributed by atoms with van der Waals surface area (Å²) >= 11 is 0. The summed E-state index contributed by atoms with van der Waals surface area (Å²) in [5.41, 5.74) is 1.24. The number of ether oxygens (including phenoxy) is 1. The van der Waals surface area contributed by atoms with E-state index in [4.69, 9.17) is 4.74 Å². The molecule has 30 heavy (non-hydrogen) atoms. The van der Waals surface area contributed by atoms with Crippen molar-refractivity contribution in [3.8, 4) is 5.75 Å². The Kier molecular flexibility index (Phi) is 6.04. The van der Waals surface area contributed by atoms with Crippen LogP contribution in [0.1, 0.15) is 39.5 Å². The van der Waals surface area contributed by atoms with E-state index >= 15 is 0 Å². The molecule has 0 unspecified atom stereocenters. The van der Waals surface area contributed by atoms with E-state index in [2.05, 4.69) is 22.4 Å². The van der Waals surface area contributed by atoms with E-state index in [0.717, 1.165) is 12.8 Å². The van der Waals surface area contributed by atoms with Crippen molar-refractivity contribution in [2.24, 2.45) is 5.92 Å². The SMILES string of the molecule is COc1ccc(S(=O)(=O)N[C@@H](C)C(=O)NN2C(=O)NC3(CCC(C)CC3)C2=O)cc1. The fourth-order valence-electron chi connectivity index (χ4n) is 3.63. The summed E-state index contributed by atoms with van der Waals surface area (Å²) in [6.45, 7) is 3.41. The highest BCUT2D eigenvalue weighted by Crippen LogP contribution is 2.35. The molecule has 11 heteroatoms. The lowest BCUT2D eigenvalue weighted by molar-refractivity contribution is -0.140. The first-order chi connectivity index (χ1) is 14.1. The first-order valence-electron chi connectivity index (χ1n) is 9.71. The molecular weight excluding hydrogens is 412 g/mol. The molecule has 3 rings (SSSR count). The molecule has 0 bridgehead atoms. The third-order valence-electron chi connectivity index (χ3n) is 5.61. The predicted molar refractivity (Wildman–Crippen MR) is 107 cm³/mol. The quantitative estimate of drug-likeness (QED) is 0.565. The van der Waals surface area contributed by atoms with E-state index in [1.165, 1.54) is 38.3 Å². The monoisotopic (exact) mass is 438 g/mol. The molecule has 1 aliphatic heterocycles. The zero-order valence-electron chi connectivity index (χ0n) is 17.1. The summed E-state index contributed by atoms with van der Waals surface area (Å²) in [6.07, 6.45) is 2.60. The minimum atomic E-state index is -3.99. The zero-order chi connectivity index (χ0) is 22.1. The van der Waals surface area contributed by atoms with Crippen LogP contribution in [0.5, 0.6) is 5.75 Å². The van der Waals surface area contributed by atoms with Crippen LogP contribution in [-0.4, -0.2) is 50.0 Å². The van der Waals surface area contributed by atoms with Crippen LogP contribution in [0, 0.1) is 5.92 Å². The van der Waals surface area contributed by atoms with Gasteiger partial charge in [-0.1, -0.05) is 6.92 Å². The summed E-state index contributed by atoms with van der Waals surface area (Å²) in [4.78, 5) is 37.5. The summed E-state index contributed by atoms with van der Waals surface area (Å²) in [5.74, 6) is -0.379. The summed E-state index contributed by atoms with van der Waals surface area (Å²) in [6, 6.07) is 3.72. The van der Waals surface area contributed by atoms with Crippen molar-refractivity contribution in [3.05, 3.63) is 24.3 Å². The molecule has 1 aromatic carbocycles. The van der Waals surface area contributed by atoms with Crippen LogP contribution in [0.15, 0.2) is 29.2 Å². The second-order valence-corrected chi connectivity index (χ2v) is 9.54. The molecule has 1 saturated heterocycles. The molecule has 1 saturated carbocycles. The van der Waals surface area contributed by atoms with Crippen molar-refractivity contribution in [1.82, 2.24) is 20.5 Å². The highest BCUT2D eigenvalue weighted by molar-refractivity contribution is 7.89. The number of nitrogens with zero attached hydrogens (tertiary/aromatic N) is 1. The molecule has 2 aliphatic rings. The number of rotatable bonds is 6. The van der Waals surface area contributed by atoms with Crippen LogP contribution in [-0.2, 0) is 19.6 Å². The van der Waals surface area contributed by atoms with Gasteiger partial charge in [-0.15, -0.1) is 0 Å². The van der Waals surface area contributed by atoms with Gasteiger partial charge in [0.2, 0.25) is 10.0 Å². The molecule has 3 N–H and O–H groups in total. The summed E-state index contributed by atoms with van der Waals surface area (Å²) in [5, 5.41) is 3.34. The van der Waals surface area contributed by atoms with Crippen LogP contribution in [0.3, 0.4) is 0 Å². The van der Waals surface area contributed by atoms with E-state index in [9.17, 15) is 22.8 Å². The van der Waals surface area contributed by atoms with E-state index in [-0.39, 0.29) is 4.90 Å². The third kappa shape index (κ3) is 4.26. The van der Waals surface area contributed by atoms with Crippen LogP contribution in [0.25, 0.3) is 0 Å². The van der Waals surface area contributed by atoms with Gasteiger partial charge < -0.3 is 10.1 Å². The van der Waals surface area contributed by atoms with Gasteiger partial charge in [-0.3, -0.25) is 15.0 Å². The molecule has 164 valence electrons. The maximum absolute atomic E-state index is 12.8. The largest absolute Gasteiger partial charge is 0.497 e. The van der Waals surface area contributed by atoms with Gasteiger partial charge in [0.05, 0.1) is 18.0 Å². The number of sulfonamides is 1. The van der Waals surface area contributed by atoms with Gasteiger partial charge in [-0.25, -0.2) is 13.2 Å². The Morgan fingerprint density at radius 1 is 1.23 bits per heavy atom. The second kappa shape index (κ2) is 8.23. The minimum absolute atomic E-state index is 0.0479. The van der Waals surface area contributed by atoms with Crippen molar-refractivity contribution in [1.29, 1.82) is 0 Å². The Morgan fingerprint density at radius 3 is 2.40 bits per heavy atom. The number of urea groups is 1. The number of hydrogen-bond acceptors (Lipinski definition) is 6.